The minimum atomic E-state index is -5.37. The van der Waals surface area contributed by atoms with Crippen LogP contribution in [0.15, 0.2) is 187 Å². The summed E-state index contributed by atoms with van der Waals surface area (Å²) in [6, 6.07) is 56.7. The molecule has 0 spiro atoms. The van der Waals surface area contributed by atoms with Crippen molar-refractivity contribution in [1.82, 2.24) is 9.05 Å². The number of unbranched alkanes of at least 4 members (excludes halogenated alkanes) is 1. The first-order chi connectivity index (χ1) is 28.1. The molecule has 6 aromatic rings. The third-order valence-corrected chi connectivity index (χ3v) is 18.0. The molecule has 294 valence electrons. The van der Waals surface area contributed by atoms with Crippen LogP contribution in [0.3, 0.4) is 0 Å². The van der Waals surface area contributed by atoms with Gasteiger partial charge < -0.3 is 0 Å². The molecule has 0 aliphatic carbocycles. The standard InChI is InChI=1S/C43H44N3O8P3/c1-7-21-37(22-8-1)49-46-56(50-38-23-9-2-10-24-38,51-39-25-11-3-12-26-39)44-55-45(33-19-20-34-47-35-43-36-48-43)57(46,52-40-27-13-4-14-28-40,53-41-29-15-5-16-30-41)54-42-31-17-6-18-32-42/h1-18,21-32,43,55H,19-20,33-36H2. The van der Waals surface area contributed by atoms with Crippen LogP contribution < -0.4 is 27.5 Å². The van der Waals surface area contributed by atoms with Crippen LogP contribution in [0, 0.1) is 0 Å². The van der Waals surface area contributed by atoms with Crippen LogP contribution in [0.5, 0.6) is 34.5 Å². The van der Waals surface area contributed by atoms with Crippen LogP contribution in [-0.2, 0) is 9.47 Å². The summed E-state index contributed by atoms with van der Waals surface area (Å²) in [7, 11) is -9.67. The third-order valence-electron chi connectivity index (χ3n) is 8.69. The van der Waals surface area contributed by atoms with Gasteiger partial charge in [0.05, 0.1) is 0 Å². The maximum atomic E-state index is 7.56. The number of benzene rings is 6. The number of ether oxygens (including phenoxy) is 2. The monoisotopic (exact) mass is 823 g/mol. The van der Waals surface area contributed by atoms with Gasteiger partial charge in [-0.25, -0.2) is 0 Å². The molecular weight excluding hydrogens is 779 g/mol. The van der Waals surface area contributed by atoms with Gasteiger partial charge in [-0.05, 0) is 0 Å². The zero-order valence-corrected chi connectivity index (χ0v) is 33.9. The Bertz CT molecular complexity index is 2050. The van der Waals surface area contributed by atoms with Crippen LogP contribution in [0.25, 0.3) is 0 Å². The van der Waals surface area contributed by atoms with Crippen LogP contribution in [0.1, 0.15) is 12.8 Å². The maximum absolute atomic E-state index is 7.56. The van der Waals surface area contributed by atoms with E-state index in [1.165, 1.54) is 0 Å². The predicted molar refractivity (Wildman–Crippen MR) is 225 cm³/mol. The first kappa shape index (κ1) is 38.9. The number of hydrogen-bond donors (Lipinski definition) is 0. The van der Waals surface area contributed by atoms with E-state index in [4.69, 9.17) is 41.4 Å². The molecule has 2 unspecified atom stereocenters. The average molecular weight is 824 g/mol. The molecule has 8 rings (SSSR count). The molecule has 0 bridgehead atoms. The van der Waals surface area contributed by atoms with E-state index in [1.54, 1.807) is 4.60 Å². The molecule has 2 aliphatic rings. The predicted octanol–water partition coefficient (Wildman–Crippen LogP) is 11.8. The molecular formula is C43H44N3O8P3. The van der Waals surface area contributed by atoms with Gasteiger partial charge in [-0.3, -0.25) is 0 Å². The fraction of sp³-hybridized carbons (Fsp3) is 0.163. The van der Waals surface area contributed by atoms with Gasteiger partial charge in [0.15, 0.2) is 0 Å². The Morgan fingerprint density at radius 2 is 0.965 bits per heavy atom. The molecule has 57 heavy (non-hydrogen) atoms. The second-order valence-corrected chi connectivity index (χ2v) is 20.0. The third kappa shape index (κ3) is 9.28. The first-order valence-electron chi connectivity index (χ1n) is 18.8. The van der Waals surface area contributed by atoms with Gasteiger partial charge in [-0.2, -0.15) is 0 Å². The van der Waals surface area contributed by atoms with E-state index in [0.29, 0.717) is 60.7 Å². The van der Waals surface area contributed by atoms with E-state index in [9.17, 15) is 0 Å². The van der Waals surface area contributed by atoms with Crippen molar-refractivity contribution >= 4 is 24.1 Å². The number of rotatable bonds is 19. The van der Waals surface area contributed by atoms with E-state index in [-0.39, 0.29) is 15.0 Å². The second-order valence-electron chi connectivity index (χ2n) is 13.0. The molecule has 2 aliphatic heterocycles. The molecule has 0 amide bonds. The quantitative estimate of drug-likeness (QED) is 0.0446. The summed E-state index contributed by atoms with van der Waals surface area (Å²) in [5.41, 5.74) is 0. The van der Waals surface area contributed by atoms with Gasteiger partial charge in [0, 0.05) is 0 Å². The molecule has 1 saturated heterocycles. The van der Waals surface area contributed by atoms with Gasteiger partial charge >= 0.3 is 336 Å². The number of epoxide rings is 1. The van der Waals surface area contributed by atoms with Crippen molar-refractivity contribution in [1.29, 1.82) is 0 Å². The van der Waals surface area contributed by atoms with E-state index in [1.807, 2.05) is 186 Å². The summed E-state index contributed by atoms with van der Waals surface area (Å²) in [4.78, 5) is 7.21. The minimum absolute atomic E-state index is 0.183. The molecule has 2 heterocycles. The van der Waals surface area contributed by atoms with Crippen LogP contribution in [0.2, 0.25) is 0 Å². The Morgan fingerprint density at radius 3 is 1.39 bits per heavy atom. The summed E-state index contributed by atoms with van der Waals surface area (Å²) in [6.45, 7) is 2.28. The van der Waals surface area contributed by atoms with E-state index >= 15 is 0 Å². The molecule has 2 atom stereocenters. The number of hydrogen-bond acceptors (Lipinski definition) is 11. The molecule has 0 saturated carbocycles. The van der Waals surface area contributed by atoms with Crippen molar-refractivity contribution in [2.45, 2.75) is 18.9 Å². The molecule has 0 radical (unpaired) electrons. The zero-order valence-electron chi connectivity index (χ0n) is 31.1. The molecule has 0 aromatic heterocycles. The fourth-order valence-corrected chi connectivity index (χ4v) is 16.3. The Hall–Kier alpha value is -4.95. The average Bonchev–Trinajstić information content (AvgIpc) is 4.09. The van der Waals surface area contributed by atoms with Crippen molar-refractivity contribution in [2.24, 2.45) is 4.52 Å². The Labute approximate surface area is 335 Å². The van der Waals surface area contributed by atoms with Gasteiger partial charge in [0.25, 0.3) is 0 Å². The van der Waals surface area contributed by atoms with Crippen LogP contribution in [0.4, 0.5) is 0 Å². The van der Waals surface area contributed by atoms with E-state index in [2.05, 4.69) is 0 Å². The van der Waals surface area contributed by atoms with Crippen LogP contribution >= 0.6 is 24.1 Å². The van der Waals surface area contributed by atoms with Crippen molar-refractivity contribution < 1.29 is 36.9 Å². The molecule has 11 nitrogen and oxygen atoms in total. The molecule has 6 aromatic carbocycles. The topological polar surface area (TPSA) is 96.0 Å². The summed E-state index contributed by atoms with van der Waals surface area (Å²) in [5.74, 6) is 2.84. The SMILES string of the molecule is c1ccc(ON2P(Oc3ccccc3)(Oc3ccccc3)=NPN(CCCCOCC3CO3)P2(Oc2ccccc2)(Oc2ccccc2)Oc2ccccc2)cc1. The van der Waals surface area contributed by atoms with Crippen LogP contribution in [-0.4, -0.2) is 41.5 Å². The molecule has 1 fully saturated rings. The first-order valence-corrected chi connectivity index (χ1v) is 23.1. The van der Waals surface area contributed by atoms with Gasteiger partial charge in [0.2, 0.25) is 0 Å². The summed E-state index contributed by atoms with van der Waals surface area (Å²) in [5, 5.41) is 0. The van der Waals surface area contributed by atoms with Gasteiger partial charge in [-0.15, -0.1) is 0 Å². The van der Waals surface area contributed by atoms with Crippen molar-refractivity contribution in [3.63, 3.8) is 0 Å². The fourth-order valence-electron chi connectivity index (χ4n) is 5.92. The molecule has 0 N–H and O–H groups in total. The summed E-state index contributed by atoms with van der Waals surface area (Å²) < 4.78 is 57.2. The zero-order chi connectivity index (χ0) is 38.7. The normalized spacial score (nSPS) is 19.2. The van der Waals surface area contributed by atoms with E-state index in [0.717, 1.165) is 13.0 Å². The van der Waals surface area contributed by atoms with Crippen molar-refractivity contribution in [2.75, 3.05) is 26.4 Å². The number of nitrogens with zero attached hydrogens (tertiary/aromatic N) is 3. The van der Waals surface area contributed by atoms with Crippen molar-refractivity contribution in [3.05, 3.63) is 182 Å². The Balaban J connectivity index is 1.40. The Morgan fingerprint density at radius 1 is 0.561 bits per heavy atom. The number of para-hydroxylation sites is 6. The van der Waals surface area contributed by atoms with Gasteiger partial charge in [-0.1, -0.05) is 0 Å². The van der Waals surface area contributed by atoms with Crippen molar-refractivity contribution in [3.8, 4) is 34.5 Å². The summed E-state index contributed by atoms with van der Waals surface area (Å²) >= 11 is 0. The Kier molecular flexibility index (Phi) is 12.4. The van der Waals surface area contributed by atoms with Gasteiger partial charge in [0.1, 0.15) is 0 Å². The summed E-state index contributed by atoms with van der Waals surface area (Å²) in [6.07, 6.45) is 1.59. The second kappa shape index (κ2) is 18.1. The molecule has 14 heteroatoms. The van der Waals surface area contributed by atoms with E-state index < -0.39 is 15.2 Å².